The van der Waals surface area contributed by atoms with Crippen molar-refractivity contribution in [2.24, 2.45) is 17.8 Å². The fourth-order valence-corrected chi connectivity index (χ4v) is 4.85. The molecule has 3 atom stereocenters. The van der Waals surface area contributed by atoms with Gasteiger partial charge in [0, 0.05) is 25.4 Å². The van der Waals surface area contributed by atoms with Crippen LogP contribution < -0.4 is 4.74 Å². The Bertz CT molecular complexity index is 731. The highest BCUT2D eigenvalue weighted by Gasteiger charge is 2.42. The molecule has 2 rings (SSSR count). The van der Waals surface area contributed by atoms with E-state index in [9.17, 15) is 4.79 Å². The van der Waals surface area contributed by atoms with Gasteiger partial charge in [0.25, 0.3) is 0 Å². The molecule has 0 fully saturated rings. The van der Waals surface area contributed by atoms with E-state index in [1.165, 1.54) is 5.56 Å². The number of hydrogen-bond donors (Lipinski definition) is 0. The van der Waals surface area contributed by atoms with Gasteiger partial charge in [-0.2, -0.15) is 0 Å². The van der Waals surface area contributed by atoms with Gasteiger partial charge in [0.1, 0.15) is 11.5 Å². The number of Topliss-reactive ketones (excluding diaryl/α,β-unsaturated/α-hetero) is 1. The van der Waals surface area contributed by atoms with Gasteiger partial charge in [-0.15, -0.1) is 0 Å². The van der Waals surface area contributed by atoms with Gasteiger partial charge in [-0.05, 0) is 60.7 Å². The van der Waals surface area contributed by atoms with Crippen molar-refractivity contribution < 1.29 is 18.7 Å². The number of benzene rings is 1. The Balaban J connectivity index is 2.26. The highest BCUT2D eigenvalue weighted by molar-refractivity contribution is 6.74. The Labute approximate surface area is 184 Å². The van der Waals surface area contributed by atoms with E-state index in [-0.39, 0.29) is 29.6 Å². The van der Waals surface area contributed by atoms with E-state index in [4.69, 9.17) is 13.9 Å². The normalized spacial score (nSPS) is 22.4. The third kappa shape index (κ3) is 6.21. The van der Waals surface area contributed by atoms with Gasteiger partial charge in [0.15, 0.2) is 6.79 Å². The van der Waals surface area contributed by atoms with Crippen LogP contribution in [0.1, 0.15) is 53.0 Å². The number of carbonyl (C=O) groups is 1. The van der Waals surface area contributed by atoms with E-state index in [0.717, 1.165) is 24.4 Å². The van der Waals surface area contributed by atoms with Crippen molar-refractivity contribution in [1.82, 2.24) is 0 Å². The molecule has 0 radical (unpaired) electrons. The molecular weight excluding hydrogens is 392 g/mol. The molecule has 0 aliphatic heterocycles. The quantitative estimate of drug-likeness (QED) is 0.336. The van der Waals surface area contributed by atoms with Gasteiger partial charge in [0.05, 0.1) is 5.76 Å². The fraction of sp³-hybridized carbons (Fsp3) is 0.640. The minimum absolute atomic E-state index is 0.0797. The molecule has 0 bridgehead atoms. The zero-order chi connectivity index (χ0) is 22.5. The lowest BCUT2D eigenvalue weighted by molar-refractivity contribution is -0.124. The minimum Gasteiger partial charge on any atom is -0.547 e. The van der Waals surface area contributed by atoms with Crippen LogP contribution in [0.15, 0.2) is 36.1 Å². The minimum atomic E-state index is -1.95. The van der Waals surface area contributed by atoms with Crippen molar-refractivity contribution in [2.45, 2.75) is 72.0 Å². The number of hydrogen-bond acceptors (Lipinski definition) is 4. The predicted octanol–water partition coefficient (Wildman–Crippen LogP) is 6.37. The molecule has 0 unspecified atom stereocenters. The molecule has 0 spiro atoms. The van der Waals surface area contributed by atoms with Crippen molar-refractivity contribution in [1.29, 1.82) is 0 Å². The molecule has 0 amide bonds. The first-order valence-electron chi connectivity index (χ1n) is 11.1. The van der Waals surface area contributed by atoms with Crippen LogP contribution in [0.4, 0.5) is 0 Å². The summed E-state index contributed by atoms with van der Waals surface area (Å²) < 4.78 is 17.3. The molecule has 4 nitrogen and oxygen atoms in total. The average molecular weight is 433 g/mol. The van der Waals surface area contributed by atoms with Crippen molar-refractivity contribution in [3.8, 4) is 5.75 Å². The molecule has 1 aromatic carbocycles. The van der Waals surface area contributed by atoms with Crippen molar-refractivity contribution in [2.75, 3.05) is 13.9 Å². The average Bonchev–Trinajstić information content (AvgIpc) is 2.67. The predicted molar refractivity (Wildman–Crippen MR) is 125 cm³/mol. The maximum atomic E-state index is 12.6. The van der Waals surface area contributed by atoms with Gasteiger partial charge < -0.3 is 13.9 Å². The SMILES string of the molecule is CCC(=O)[C@@H]1C[C@H](Cc2ccc(OCOC)cc2)C(O[Si](C)(C)C(C)(C)C)=C[C@@H]1C. The van der Waals surface area contributed by atoms with Crippen LogP contribution in [-0.2, 0) is 20.4 Å². The number of ether oxygens (including phenoxy) is 2. The molecular formula is C25H40O4Si. The third-order valence-electron chi connectivity index (χ3n) is 6.69. The maximum Gasteiger partial charge on any atom is 0.250 e. The van der Waals surface area contributed by atoms with E-state index in [1.54, 1.807) is 7.11 Å². The highest BCUT2D eigenvalue weighted by atomic mass is 28.4. The van der Waals surface area contributed by atoms with E-state index in [2.05, 4.69) is 59.0 Å². The van der Waals surface area contributed by atoms with Crippen LogP contribution >= 0.6 is 0 Å². The lowest BCUT2D eigenvalue weighted by Crippen LogP contribution is -2.42. The summed E-state index contributed by atoms with van der Waals surface area (Å²) in [6, 6.07) is 8.16. The summed E-state index contributed by atoms with van der Waals surface area (Å²) >= 11 is 0. The van der Waals surface area contributed by atoms with Crippen molar-refractivity contribution in [3.63, 3.8) is 0 Å². The molecule has 0 saturated carbocycles. The monoisotopic (exact) mass is 432 g/mol. The second-order valence-corrected chi connectivity index (χ2v) is 14.8. The van der Waals surface area contributed by atoms with Crippen LogP contribution in [0.25, 0.3) is 0 Å². The molecule has 1 aromatic rings. The summed E-state index contributed by atoms with van der Waals surface area (Å²) in [5.41, 5.74) is 1.23. The Morgan fingerprint density at radius 1 is 1.17 bits per heavy atom. The van der Waals surface area contributed by atoms with E-state index >= 15 is 0 Å². The standard InChI is InChI=1S/C25H40O4Si/c1-9-23(26)22-16-20(15-19-10-12-21(13-11-19)28-17-27-6)24(14-18(22)2)29-30(7,8)25(3,4)5/h10-14,18,20,22H,9,15-17H2,1-8H3/t18-,20-,22+/m0/s1. The molecule has 0 saturated heterocycles. The second-order valence-electron chi connectivity index (χ2n) is 10.0. The van der Waals surface area contributed by atoms with Crippen molar-refractivity contribution >= 4 is 14.1 Å². The lowest BCUT2D eigenvalue weighted by atomic mass is 9.74. The highest BCUT2D eigenvalue weighted by Crippen LogP contribution is 2.43. The Kier molecular flexibility index (Phi) is 8.34. The first kappa shape index (κ1) is 24.7. The van der Waals surface area contributed by atoms with Gasteiger partial charge in [-0.1, -0.05) is 46.8 Å². The Morgan fingerprint density at radius 3 is 2.33 bits per heavy atom. The number of ketones is 1. The first-order valence-corrected chi connectivity index (χ1v) is 14.0. The molecule has 1 aliphatic carbocycles. The van der Waals surface area contributed by atoms with Crippen LogP contribution in [0.2, 0.25) is 18.1 Å². The second kappa shape index (κ2) is 10.1. The number of allylic oxidation sites excluding steroid dienone is 2. The number of carbonyl (C=O) groups excluding carboxylic acids is 1. The fourth-order valence-electron chi connectivity index (χ4n) is 3.72. The summed E-state index contributed by atoms with van der Waals surface area (Å²) in [6.07, 6.45) is 4.56. The lowest BCUT2D eigenvalue weighted by Gasteiger charge is -2.42. The van der Waals surface area contributed by atoms with Crippen LogP contribution in [0.5, 0.6) is 5.75 Å². The summed E-state index contributed by atoms with van der Waals surface area (Å²) in [5.74, 6) is 2.77. The topological polar surface area (TPSA) is 44.8 Å². The van der Waals surface area contributed by atoms with E-state index in [1.807, 2.05) is 19.1 Å². The largest absolute Gasteiger partial charge is 0.547 e. The van der Waals surface area contributed by atoms with E-state index in [0.29, 0.717) is 12.2 Å². The Morgan fingerprint density at radius 2 is 1.80 bits per heavy atom. The zero-order valence-corrected chi connectivity index (χ0v) is 21.1. The maximum absolute atomic E-state index is 12.6. The summed E-state index contributed by atoms with van der Waals surface area (Å²) in [6.45, 7) is 15.8. The zero-order valence-electron chi connectivity index (χ0n) is 20.1. The first-order chi connectivity index (χ1) is 14.0. The van der Waals surface area contributed by atoms with Gasteiger partial charge >= 0.3 is 0 Å². The summed E-state index contributed by atoms with van der Waals surface area (Å²) in [5, 5.41) is 0.137. The summed E-state index contributed by atoms with van der Waals surface area (Å²) in [7, 11) is -0.336. The summed E-state index contributed by atoms with van der Waals surface area (Å²) in [4.78, 5) is 12.6. The van der Waals surface area contributed by atoms with Crippen molar-refractivity contribution in [3.05, 3.63) is 41.7 Å². The molecule has 1 aliphatic rings. The van der Waals surface area contributed by atoms with Crippen LogP contribution in [0.3, 0.4) is 0 Å². The van der Waals surface area contributed by atoms with Gasteiger partial charge in [-0.25, -0.2) is 0 Å². The molecule has 0 heterocycles. The number of rotatable bonds is 9. The van der Waals surface area contributed by atoms with Crippen LogP contribution in [-0.4, -0.2) is 28.0 Å². The Hall–Kier alpha value is -1.59. The molecule has 5 heteroatoms. The molecule has 30 heavy (non-hydrogen) atoms. The molecule has 168 valence electrons. The van der Waals surface area contributed by atoms with Gasteiger partial charge in [0.2, 0.25) is 8.32 Å². The molecule has 0 N–H and O–H groups in total. The van der Waals surface area contributed by atoms with E-state index < -0.39 is 8.32 Å². The number of methoxy groups -OCH3 is 1. The smallest absolute Gasteiger partial charge is 0.250 e. The molecule has 0 aromatic heterocycles. The third-order valence-corrected chi connectivity index (χ3v) is 11.1. The van der Waals surface area contributed by atoms with Gasteiger partial charge in [-0.3, -0.25) is 4.79 Å². The van der Waals surface area contributed by atoms with Crippen LogP contribution in [0, 0.1) is 17.8 Å².